The highest BCUT2D eigenvalue weighted by Gasteiger charge is 2.20. The van der Waals surface area contributed by atoms with Crippen LogP contribution in [0.4, 0.5) is 0 Å². The van der Waals surface area contributed by atoms with Gasteiger partial charge < -0.3 is 15.0 Å². The highest BCUT2D eigenvalue weighted by Crippen LogP contribution is 2.16. The zero-order valence-corrected chi connectivity index (χ0v) is 12.0. The molecule has 0 radical (unpaired) electrons. The molecule has 0 bridgehead atoms. The minimum absolute atomic E-state index is 0.497. The minimum atomic E-state index is 0.497. The number of nitrogens with one attached hydrogen (secondary N) is 1. The summed E-state index contributed by atoms with van der Waals surface area (Å²) < 4.78 is 5.76. The second-order valence-electron chi connectivity index (χ2n) is 5.81. The van der Waals surface area contributed by atoms with E-state index in [9.17, 15) is 0 Å². The third-order valence-corrected chi connectivity index (χ3v) is 4.30. The lowest BCUT2D eigenvalue weighted by Gasteiger charge is -2.33. The third-order valence-electron chi connectivity index (χ3n) is 4.30. The molecule has 1 N–H and O–H groups in total. The minimum Gasteiger partial charge on any atom is -0.377 e. The maximum absolute atomic E-state index is 5.76. The summed E-state index contributed by atoms with van der Waals surface area (Å²) >= 11 is 0. The lowest BCUT2D eigenvalue weighted by Crippen LogP contribution is -2.41. The molecule has 3 nitrogen and oxygen atoms in total. The van der Waals surface area contributed by atoms with Gasteiger partial charge in [0, 0.05) is 19.2 Å². The Labute approximate surface area is 112 Å². The number of hydrogen-bond donors (Lipinski definition) is 1. The summed E-state index contributed by atoms with van der Waals surface area (Å²) in [6.45, 7) is 7.91. The van der Waals surface area contributed by atoms with E-state index in [4.69, 9.17) is 4.74 Å². The van der Waals surface area contributed by atoms with Crippen LogP contribution in [0, 0.1) is 0 Å². The van der Waals surface area contributed by atoms with Gasteiger partial charge in [-0.2, -0.15) is 0 Å². The van der Waals surface area contributed by atoms with Gasteiger partial charge in [0.25, 0.3) is 0 Å². The summed E-state index contributed by atoms with van der Waals surface area (Å²) in [5.41, 5.74) is 0. The van der Waals surface area contributed by atoms with Crippen LogP contribution < -0.4 is 5.32 Å². The first-order chi connectivity index (χ1) is 8.88. The Morgan fingerprint density at radius 1 is 1.22 bits per heavy atom. The van der Waals surface area contributed by atoms with Crippen LogP contribution in [0.25, 0.3) is 0 Å². The van der Waals surface area contributed by atoms with Gasteiger partial charge in [0.1, 0.15) is 0 Å². The van der Waals surface area contributed by atoms with E-state index in [0.717, 1.165) is 19.2 Å². The van der Waals surface area contributed by atoms with Crippen LogP contribution in [0.2, 0.25) is 0 Å². The van der Waals surface area contributed by atoms with Gasteiger partial charge in [-0.05, 0) is 65.1 Å². The Balaban J connectivity index is 1.57. The average molecular weight is 254 g/mol. The van der Waals surface area contributed by atoms with Crippen LogP contribution in [0.1, 0.15) is 51.9 Å². The van der Waals surface area contributed by atoms with E-state index in [1.165, 1.54) is 64.6 Å². The standard InChI is InChI=1S/C15H30N2O/c1-2-18-15-9-6-12-17(13-15)11-5-8-14-7-3-4-10-16-14/h14-16H,2-13H2,1H3. The first kappa shape index (κ1) is 14.3. The molecule has 0 aromatic rings. The molecule has 2 rings (SSSR count). The molecular weight excluding hydrogens is 224 g/mol. The fraction of sp³-hybridized carbons (Fsp3) is 1.00. The number of hydrogen-bond acceptors (Lipinski definition) is 3. The van der Waals surface area contributed by atoms with Gasteiger partial charge in [-0.3, -0.25) is 0 Å². The van der Waals surface area contributed by atoms with Crippen molar-refractivity contribution in [2.75, 3.05) is 32.8 Å². The van der Waals surface area contributed by atoms with E-state index in [2.05, 4.69) is 17.1 Å². The molecular formula is C15H30N2O. The van der Waals surface area contributed by atoms with Gasteiger partial charge in [0.15, 0.2) is 0 Å². The molecule has 2 atom stereocenters. The van der Waals surface area contributed by atoms with Crippen LogP contribution in [-0.2, 0) is 4.74 Å². The van der Waals surface area contributed by atoms with Crippen molar-refractivity contribution in [3.63, 3.8) is 0 Å². The quantitative estimate of drug-likeness (QED) is 0.788. The lowest BCUT2D eigenvalue weighted by atomic mass is 10.00. The van der Waals surface area contributed by atoms with Crippen molar-refractivity contribution in [3.05, 3.63) is 0 Å². The van der Waals surface area contributed by atoms with Crippen LogP contribution in [0.15, 0.2) is 0 Å². The Hall–Kier alpha value is -0.120. The average Bonchev–Trinajstić information content (AvgIpc) is 2.41. The molecule has 2 aliphatic heterocycles. The van der Waals surface area contributed by atoms with Crippen LogP contribution in [0.5, 0.6) is 0 Å². The van der Waals surface area contributed by atoms with Gasteiger partial charge in [-0.15, -0.1) is 0 Å². The van der Waals surface area contributed by atoms with E-state index in [-0.39, 0.29) is 0 Å². The highest BCUT2D eigenvalue weighted by molar-refractivity contribution is 4.76. The zero-order chi connectivity index (χ0) is 12.6. The Kier molecular flexibility index (Phi) is 6.46. The fourth-order valence-corrected chi connectivity index (χ4v) is 3.32. The van der Waals surface area contributed by atoms with E-state index in [1.807, 2.05) is 0 Å². The summed E-state index contributed by atoms with van der Waals surface area (Å²) in [6, 6.07) is 0.797. The maximum atomic E-state index is 5.76. The van der Waals surface area contributed by atoms with Crippen molar-refractivity contribution >= 4 is 0 Å². The molecule has 0 saturated carbocycles. The van der Waals surface area contributed by atoms with Gasteiger partial charge in [-0.25, -0.2) is 0 Å². The number of likely N-dealkylation sites (tertiary alicyclic amines) is 1. The highest BCUT2D eigenvalue weighted by atomic mass is 16.5. The fourth-order valence-electron chi connectivity index (χ4n) is 3.32. The molecule has 3 heteroatoms. The van der Waals surface area contributed by atoms with Gasteiger partial charge in [-0.1, -0.05) is 6.42 Å². The summed E-state index contributed by atoms with van der Waals surface area (Å²) in [7, 11) is 0. The smallest absolute Gasteiger partial charge is 0.0702 e. The normalized spacial score (nSPS) is 30.5. The van der Waals surface area contributed by atoms with Gasteiger partial charge >= 0.3 is 0 Å². The topological polar surface area (TPSA) is 24.5 Å². The lowest BCUT2D eigenvalue weighted by molar-refractivity contribution is 0.00541. The first-order valence-corrected chi connectivity index (χ1v) is 7.96. The van der Waals surface area contributed by atoms with Crippen LogP contribution >= 0.6 is 0 Å². The second kappa shape index (κ2) is 8.13. The molecule has 18 heavy (non-hydrogen) atoms. The van der Waals surface area contributed by atoms with Crippen LogP contribution in [-0.4, -0.2) is 49.8 Å². The number of rotatable bonds is 6. The van der Waals surface area contributed by atoms with E-state index < -0.39 is 0 Å². The summed E-state index contributed by atoms with van der Waals surface area (Å²) in [4.78, 5) is 2.60. The molecule has 0 amide bonds. The predicted octanol–water partition coefficient (Wildman–Crippen LogP) is 2.41. The Morgan fingerprint density at radius 3 is 2.94 bits per heavy atom. The van der Waals surface area contributed by atoms with E-state index in [1.54, 1.807) is 0 Å². The van der Waals surface area contributed by atoms with Crippen molar-refractivity contribution in [2.45, 2.75) is 64.0 Å². The molecule has 106 valence electrons. The molecule has 0 aliphatic carbocycles. The number of nitrogens with zero attached hydrogens (tertiary/aromatic N) is 1. The maximum Gasteiger partial charge on any atom is 0.0702 e. The number of piperidine rings is 2. The van der Waals surface area contributed by atoms with Crippen molar-refractivity contribution in [1.29, 1.82) is 0 Å². The Bertz CT molecular complexity index is 215. The second-order valence-corrected chi connectivity index (χ2v) is 5.81. The summed E-state index contributed by atoms with van der Waals surface area (Å²) in [6.07, 6.45) is 9.96. The molecule has 0 aromatic carbocycles. The zero-order valence-electron chi connectivity index (χ0n) is 12.0. The van der Waals surface area contributed by atoms with Gasteiger partial charge in [0.05, 0.1) is 6.10 Å². The van der Waals surface area contributed by atoms with E-state index in [0.29, 0.717) is 6.10 Å². The third kappa shape index (κ3) is 4.87. The largest absolute Gasteiger partial charge is 0.377 e. The monoisotopic (exact) mass is 254 g/mol. The van der Waals surface area contributed by atoms with Crippen molar-refractivity contribution in [2.24, 2.45) is 0 Å². The SMILES string of the molecule is CCOC1CCCN(CCCC2CCCCN2)C1. The molecule has 0 aromatic heterocycles. The molecule has 2 saturated heterocycles. The summed E-state index contributed by atoms with van der Waals surface area (Å²) in [5, 5.41) is 3.64. The predicted molar refractivity (Wildman–Crippen MR) is 76.0 cm³/mol. The summed E-state index contributed by atoms with van der Waals surface area (Å²) in [5.74, 6) is 0. The van der Waals surface area contributed by atoms with Crippen molar-refractivity contribution < 1.29 is 4.74 Å². The van der Waals surface area contributed by atoms with E-state index >= 15 is 0 Å². The molecule has 2 aliphatic rings. The Morgan fingerprint density at radius 2 is 2.17 bits per heavy atom. The first-order valence-electron chi connectivity index (χ1n) is 7.96. The number of ether oxygens (including phenoxy) is 1. The van der Waals surface area contributed by atoms with Crippen LogP contribution in [0.3, 0.4) is 0 Å². The molecule has 2 heterocycles. The van der Waals surface area contributed by atoms with Gasteiger partial charge in [0.2, 0.25) is 0 Å². The molecule has 2 unspecified atom stereocenters. The molecule has 0 spiro atoms. The van der Waals surface area contributed by atoms with Crippen molar-refractivity contribution in [1.82, 2.24) is 10.2 Å². The van der Waals surface area contributed by atoms with Crippen molar-refractivity contribution in [3.8, 4) is 0 Å². The molecule has 2 fully saturated rings.